The highest BCUT2D eigenvalue weighted by atomic mass is 15.5. The van der Waals surface area contributed by atoms with Crippen molar-refractivity contribution in [1.82, 2.24) is 5.01 Å². The molecule has 0 saturated heterocycles. The molecule has 0 aromatic heterocycles. The van der Waals surface area contributed by atoms with Gasteiger partial charge in [-0.2, -0.15) is 5.10 Å². The van der Waals surface area contributed by atoms with Crippen LogP contribution in [0.1, 0.15) is 33.1 Å². The molecule has 0 amide bonds. The quantitative estimate of drug-likeness (QED) is 0.670. The fourth-order valence-corrected chi connectivity index (χ4v) is 1.97. The van der Waals surface area contributed by atoms with E-state index in [2.05, 4.69) is 24.0 Å². The highest BCUT2D eigenvalue weighted by Crippen LogP contribution is 2.37. The predicted molar refractivity (Wildman–Crippen MR) is 49.7 cm³/mol. The topological polar surface area (TPSA) is 41.6 Å². The van der Waals surface area contributed by atoms with E-state index in [4.69, 9.17) is 5.73 Å². The summed E-state index contributed by atoms with van der Waals surface area (Å²) in [5.41, 5.74) is 5.68. The summed E-state index contributed by atoms with van der Waals surface area (Å²) < 4.78 is 0. The lowest BCUT2D eigenvalue weighted by Gasteiger charge is -2.26. The third kappa shape index (κ3) is 1.28. The van der Waals surface area contributed by atoms with Crippen LogP contribution in [0.2, 0.25) is 0 Å². The Hall–Kier alpha value is -0.730. The molecule has 2 N–H and O–H groups in total. The van der Waals surface area contributed by atoms with Gasteiger partial charge < -0.3 is 5.73 Å². The van der Waals surface area contributed by atoms with Gasteiger partial charge in [0.05, 0.1) is 6.04 Å². The summed E-state index contributed by atoms with van der Waals surface area (Å²) in [6.45, 7) is 4.46. The zero-order chi connectivity index (χ0) is 8.72. The first-order valence-corrected chi connectivity index (χ1v) is 4.80. The second kappa shape index (κ2) is 2.64. The van der Waals surface area contributed by atoms with Crippen molar-refractivity contribution in [2.24, 2.45) is 16.8 Å². The molecule has 1 saturated carbocycles. The van der Waals surface area contributed by atoms with E-state index in [-0.39, 0.29) is 0 Å². The van der Waals surface area contributed by atoms with Gasteiger partial charge in [0.2, 0.25) is 0 Å². The molecule has 0 bridgehead atoms. The van der Waals surface area contributed by atoms with Crippen molar-refractivity contribution in [2.75, 3.05) is 0 Å². The van der Waals surface area contributed by atoms with Crippen LogP contribution in [0.5, 0.6) is 0 Å². The summed E-state index contributed by atoms with van der Waals surface area (Å²) in [5, 5.41) is 6.55. The SMILES string of the molecule is CC1CC(N)=NN1C(C)C1CC1. The summed E-state index contributed by atoms with van der Waals surface area (Å²) in [5.74, 6) is 1.68. The first kappa shape index (κ1) is 7.90. The van der Waals surface area contributed by atoms with Gasteiger partial charge in [-0.15, -0.1) is 0 Å². The van der Waals surface area contributed by atoms with Crippen molar-refractivity contribution < 1.29 is 0 Å². The molecule has 2 atom stereocenters. The molecule has 0 aromatic carbocycles. The van der Waals surface area contributed by atoms with Crippen LogP contribution in [-0.2, 0) is 0 Å². The Morgan fingerprint density at radius 3 is 2.67 bits per heavy atom. The van der Waals surface area contributed by atoms with E-state index in [9.17, 15) is 0 Å². The lowest BCUT2D eigenvalue weighted by atomic mass is 10.1. The molecular weight excluding hydrogens is 150 g/mol. The third-order valence-corrected chi connectivity index (χ3v) is 2.92. The van der Waals surface area contributed by atoms with Crippen molar-refractivity contribution in [3.8, 4) is 0 Å². The molecule has 1 heterocycles. The van der Waals surface area contributed by atoms with Crippen molar-refractivity contribution in [2.45, 2.75) is 45.2 Å². The maximum absolute atomic E-state index is 5.68. The summed E-state index contributed by atoms with van der Waals surface area (Å²) >= 11 is 0. The van der Waals surface area contributed by atoms with E-state index in [1.54, 1.807) is 0 Å². The molecule has 1 aliphatic heterocycles. The predicted octanol–water partition coefficient (Wildman–Crippen LogP) is 1.15. The van der Waals surface area contributed by atoms with Crippen LogP contribution in [0.25, 0.3) is 0 Å². The smallest absolute Gasteiger partial charge is 0.121 e. The molecule has 0 spiro atoms. The van der Waals surface area contributed by atoms with Gasteiger partial charge >= 0.3 is 0 Å². The van der Waals surface area contributed by atoms with E-state index in [1.807, 2.05) is 0 Å². The Morgan fingerprint density at radius 1 is 1.58 bits per heavy atom. The summed E-state index contributed by atoms with van der Waals surface area (Å²) in [7, 11) is 0. The van der Waals surface area contributed by atoms with Gasteiger partial charge in [-0.05, 0) is 32.6 Å². The standard InChI is InChI=1S/C9H17N3/c1-6-5-9(10)11-12(6)7(2)8-3-4-8/h6-8H,3-5H2,1-2H3,(H2,10,11). The minimum atomic E-state index is 0.514. The number of hydrogen-bond acceptors (Lipinski definition) is 3. The third-order valence-electron chi connectivity index (χ3n) is 2.92. The summed E-state index contributed by atoms with van der Waals surface area (Å²) in [4.78, 5) is 0. The summed E-state index contributed by atoms with van der Waals surface area (Å²) in [6.07, 6.45) is 3.69. The molecule has 68 valence electrons. The number of amidine groups is 1. The van der Waals surface area contributed by atoms with Gasteiger partial charge in [-0.3, -0.25) is 5.01 Å². The van der Waals surface area contributed by atoms with Gasteiger partial charge in [-0.25, -0.2) is 0 Å². The molecule has 0 aromatic rings. The van der Waals surface area contributed by atoms with Crippen LogP contribution >= 0.6 is 0 Å². The Bertz CT molecular complexity index is 208. The molecule has 2 unspecified atom stereocenters. The maximum atomic E-state index is 5.68. The monoisotopic (exact) mass is 167 g/mol. The first-order valence-electron chi connectivity index (χ1n) is 4.80. The van der Waals surface area contributed by atoms with Gasteiger partial charge in [0.25, 0.3) is 0 Å². The highest BCUT2D eigenvalue weighted by Gasteiger charge is 2.35. The normalized spacial score (nSPS) is 32.0. The van der Waals surface area contributed by atoms with Gasteiger partial charge in [0.15, 0.2) is 0 Å². The second-order valence-electron chi connectivity index (χ2n) is 4.10. The number of hydrazone groups is 1. The zero-order valence-electron chi connectivity index (χ0n) is 7.83. The van der Waals surface area contributed by atoms with Crippen LogP contribution in [0.4, 0.5) is 0 Å². The van der Waals surface area contributed by atoms with Crippen LogP contribution in [0.15, 0.2) is 5.10 Å². The van der Waals surface area contributed by atoms with Crippen molar-refractivity contribution >= 4 is 5.84 Å². The van der Waals surface area contributed by atoms with Gasteiger partial charge in [0.1, 0.15) is 5.84 Å². The number of nitrogens with zero attached hydrogens (tertiary/aromatic N) is 2. The summed E-state index contributed by atoms with van der Waals surface area (Å²) in [6, 6.07) is 1.11. The number of hydrogen-bond donors (Lipinski definition) is 1. The van der Waals surface area contributed by atoms with E-state index in [0.717, 1.165) is 18.2 Å². The van der Waals surface area contributed by atoms with Gasteiger partial charge in [0, 0.05) is 12.5 Å². The van der Waals surface area contributed by atoms with Crippen molar-refractivity contribution in [3.63, 3.8) is 0 Å². The lowest BCUT2D eigenvalue weighted by molar-refractivity contribution is 0.165. The largest absolute Gasteiger partial charge is 0.386 e. The lowest BCUT2D eigenvalue weighted by Crippen LogP contribution is -2.33. The molecule has 0 radical (unpaired) electrons. The molecule has 1 fully saturated rings. The molecule has 2 rings (SSSR count). The fourth-order valence-electron chi connectivity index (χ4n) is 1.97. The van der Waals surface area contributed by atoms with Crippen LogP contribution in [0.3, 0.4) is 0 Å². The highest BCUT2D eigenvalue weighted by molar-refractivity contribution is 5.82. The Morgan fingerprint density at radius 2 is 2.25 bits per heavy atom. The molecule has 3 heteroatoms. The van der Waals surface area contributed by atoms with Crippen LogP contribution in [-0.4, -0.2) is 22.9 Å². The van der Waals surface area contributed by atoms with E-state index in [1.165, 1.54) is 12.8 Å². The minimum absolute atomic E-state index is 0.514. The Balaban J connectivity index is 2.01. The van der Waals surface area contributed by atoms with E-state index >= 15 is 0 Å². The van der Waals surface area contributed by atoms with Crippen molar-refractivity contribution in [1.29, 1.82) is 0 Å². The molecule has 3 nitrogen and oxygen atoms in total. The molecule has 2 aliphatic rings. The minimum Gasteiger partial charge on any atom is -0.386 e. The number of rotatable bonds is 2. The number of nitrogens with two attached hydrogens (primary N) is 1. The molecule has 1 aliphatic carbocycles. The van der Waals surface area contributed by atoms with Crippen LogP contribution < -0.4 is 5.73 Å². The average Bonchev–Trinajstić information content (AvgIpc) is 2.77. The average molecular weight is 167 g/mol. The first-order chi connectivity index (χ1) is 5.68. The van der Waals surface area contributed by atoms with Crippen molar-refractivity contribution in [3.05, 3.63) is 0 Å². The molecule has 12 heavy (non-hydrogen) atoms. The zero-order valence-corrected chi connectivity index (χ0v) is 7.83. The van der Waals surface area contributed by atoms with Gasteiger partial charge in [-0.1, -0.05) is 0 Å². The second-order valence-corrected chi connectivity index (χ2v) is 4.10. The Labute approximate surface area is 73.6 Å². The molecular formula is C9H17N3. The van der Waals surface area contributed by atoms with E-state index in [0.29, 0.717) is 12.1 Å². The van der Waals surface area contributed by atoms with Crippen LogP contribution in [0, 0.1) is 5.92 Å². The fraction of sp³-hybridized carbons (Fsp3) is 0.889. The maximum Gasteiger partial charge on any atom is 0.121 e. The van der Waals surface area contributed by atoms with E-state index < -0.39 is 0 Å². The Kier molecular flexibility index (Phi) is 1.74.